The fourth-order valence-electron chi connectivity index (χ4n) is 1.63. The van der Waals surface area contributed by atoms with Crippen molar-refractivity contribution in [1.29, 1.82) is 0 Å². The van der Waals surface area contributed by atoms with Crippen molar-refractivity contribution in [2.75, 3.05) is 11.4 Å². The van der Waals surface area contributed by atoms with Crippen LogP contribution in [0.4, 0.5) is 11.4 Å². The minimum atomic E-state index is -3.52. The normalized spacial score (nSPS) is 15.4. The molecule has 0 aliphatic heterocycles. The van der Waals surface area contributed by atoms with Crippen molar-refractivity contribution in [3.05, 3.63) is 33.3 Å². The van der Waals surface area contributed by atoms with Crippen molar-refractivity contribution in [1.82, 2.24) is 0 Å². The molecule has 1 aliphatic carbocycles. The van der Waals surface area contributed by atoms with Crippen LogP contribution in [0.15, 0.2) is 18.2 Å². The van der Waals surface area contributed by atoms with E-state index in [0.717, 1.165) is 4.31 Å². The Morgan fingerprint density at radius 1 is 1.44 bits per heavy atom. The van der Waals surface area contributed by atoms with Gasteiger partial charge >= 0.3 is 0 Å². The van der Waals surface area contributed by atoms with Gasteiger partial charge in [-0.05, 0) is 25.0 Å². The summed E-state index contributed by atoms with van der Waals surface area (Å²) in [5.41, 5.74) is -0.273. The predicted molar refractivity (Wildman–Crippen MR) is 68.5 cm³/mol. The van der Waals surface area contributed by atoms with Crippen molar-refractivity contribution in [2.45, 2.75) is 18.1 Å². The molecule has 1 saturated carbocycles. The van der Waals surface area contributed by atoms with Crippen LogP contribution >= 0.6 is 11.6 Å². The van der Waals surface area contributed by atoms with Gasteiger partial charge in [0.1, 0.15) is 5.69 Å². The first-order chi connectivity index (χ1) is 8.34. The maximum absolute atomic E-state index is 12.0. The van der Waals surface area contributed by atoms with Gasteiger partial charge in [-0.3, -0.25) is 14.4 Å². The Morgan fingerprint density at radius 3 is 2.56 bits per heavy atom. The molecule has 0 unspecified atom stereocenters. The first kappa shape index (κ1) is 13.1. The summed E-state index contributed by atoms with van der Waals surface area (Å²) in [5.74, 6) is 0. The van der Waals surface area contributed by atoms with Crippen LogP contribution in [0.2, 0.25) is 5.02 Å². The van der Waals surface area contributed by atoms with E-state index in [0.29, 0.717) is 12.8 Å². The highest BCUT2D eigenvalue weighted by molar-refractivity contribution is 7.93. The lowest BCUT2D eigenvalue weighted by Crippen LogP contribution is -2.30. The lowest BCUT2D eigenvalue weighted by atomic mass is 10.3. The number of nitro benzene ring substituents is 1. The van der Waals surface area contributed by atoms with Gasteiger partial charge in [0.25, 0.3) is 5.69 Å². The summed E-state index contributed by atoms with van der Waals surface area (Å²) in [4.78, 5) is 10.3. The molecule has 0 amide bonds. The van der Waals surface area contributed by atoms with E-state index in [9.17, 15) is 18.5 Å². The largest absolute Gasteiger partial charge is 0.293 e. The van der Waals surface area contributed by atoms with E-state index in [-0.39, 0.29) is 16.4 Å². The summed E-state index contributed by atoms with van der Waals surface area (Å²) in [7, 11) is -2.21. The minimum absolute atomic E-state index is 0.000556. The lowest BCUT2D eigenvalue weighted by molar-refractivity contribution is -0.384. The Balaban J connectivity index is 2.49. The molecule has 1 fully saturated rings. The standard InChI is InChI=1S/C10H11ClN2O4S/c1-12(18(16,17)8-3-4-8)10-6-7(11)2-5-9(10)13(14)15/h2,5-6,8H,3-4H2,1H3. The average molecular weight is 291 g/mol. The van der Waals surface area contributed by atoms with E-state index in [1.54, 1.807) is 0 Å². The van der Waals surface area contributed by atoms with Crippen LogP contribution in [-0.2, 0) is 10.0 Å². The highest BCUT2D eigenvalue weighted by Gasteiger charge is 2.40. The number of rotatable bonds is 4. The van der Waals surface area contributed by atoms with Gasteiger partial charge in [0.2, 0.25) is 10.0 Å². The molecular formula is C10H11ClN2O4S. The average Bonchev–Trinajstić information content (AvgIpc) is 3.11. The van der Waals surface area contributed by atoms with Crippen LogP contribution in [0.5, 0.6) is 0 Å². The molecule has 0 atom stereocenters. The summed E-state index contributed by atoms with van der Waals surface area (Å²) >= 11 is 5.77. The van der Waals surface area contributed by atoms with E-state index in [2.05, 4.69) is 0 Å². The van der Waals surface area contributed by atoms with Gasteiger partial charge < -0.3 is 0 Å². The first-order valence-corrected chi connectivity index (χ1v) is 7.14. The van der Waals surface area contributed by atoms with Gasteiger partial charge in [-0.15, -0.1) is 0 Å². The Hall–Kier alpha value is -1.34. The smallest absolute Gasteiger partial charge is 0.266 e. The molecule has 8 heteroatoms. The molecule has 0 aromatic heterocycles. The van der Waals surface area contributed by atoms with Gasteiger partial charge in [0.05, 0.1) is 10.2 Å². The third-order valence-corrected chi connectivity index (χ3v) is 5.31. The molecule has 2 rings (SSSR count). The van der Waals surface area contributed by atoms with Crippen LogP contribution in [0.1, 0.15) is 12.8 Å². The molecule has 1 aromatic rings. The van der Waals surface area contributed by atoms with E-state index in [1.165, 1.54) is 25.2 Å². The highest BCUT2D eigenvalue weighted by Crippen LogP contribution is 2.37. The molecule has 98 valence electrons. The van der Waals surface area contributed by atoms with E-state index >= 15 is 0 Å². The van der Waals surface area contributed by atoms with E-state index in [1.807, 2.05) is 0 Å². The number of halogens is 1. The molecule has 1 aromatic carbocycles. The maximum Gasteiger partial charge on any atom is 0.293 e. The topological polar surface area (TPSA) is 80.5 Å². The molecule has 0 saturated heterocycles. The van der Waals surface area contributed by atoms with Gasteiger partial charge in [0.15, 0.2) is 0 Å². The van der Waals surface area contributed by atoms with E-state index < -0.39 is 20.2 Å². The van der Waals surface area contributed by atoms with Gasteiger partial charge in [-0.2, -0.15) is 0 Å². The van der Waals surface area contributed by atoms with Crippen molar-refractivity contribution < 1.29 is 13.3 Å². The second-order valence-electron chi connectivity index (χ2n) is 4.10. The number of nitrogens with zero attached hydrogens (tertiary/aromatic N) is 2. The van der Waals surface area contributed by atoms with Crippen LogP contribution in [0.3, 0.4) is 0 Å². The first-order valence-electron chi connectivity index (χ1n) is 5.25. The molecule has 0 radical (unpaired) electrons. The summed E-state index contributed by atoms with van der Waals surface area (Å²) in [6, 6.07) is 3.86. The van der Waals surface area contributed by atoms with E-state index in [4.69, 9.17) is 11.6 Å². The Labute approximate surface area is 109 Å². The molecule has 1 aliphatic rings. The second-order valence-corrected chi connectivity index (χ2v) is 6.78. The Kier molecular flexibility index (Phi) is 3.20. The second kappa shape index (κ2) is 4.40. The van der Waals surface area contributed by atoms with Crippen molar-refractivity contribution in [3.8, 4) is 0 Å². The van der Waals surface area contributed by atoms with Crippen molar-refractivity contribution in [3.63, 3.8) is 0 Å². The fraction of sp³-hybridized carbons (Fsp3) is 0.400. The monoisotopic (exact) mass is 290 g/mol. The molecule has 18 heavy (non-hydrogen) atoms. The third kappa shape index (κ3) is 2.28. The molecular weight excluding hydrogens is 280 g/mol. The number of nitro groups is 1. The zero-order valence-electron chi connectivity index (χ0n) is 9.54. The van der Waals surface area contributed by atoms with Crippen LogP contribution in [-0.4, -0.2) is 25.6 Å². The Bertz CT molecular complexity index is 598. The van der Waals surface area contributed by atoms with Crippen LogP contribution in [0.25, 0.3) is 0 Å². The van der Waals surface area contributed by atoms with Crippen LogP contribution < -0.4 is 4.31 Å². The van der Waals surface area contributed by atoms with Crippen molar-refractivity contribution >= 4 is 33.0 Å². The summed E-state index contributed by atoms with van der Waals surface area (Å²) < 4.78 is 25.0. The summed E-state index contributed by atoms with van der Waals surface area (Å²) in [5, 5.41) is 10.7. The number of hydrogen-bond acceptors (Lipinski definition) is 4. The zero-order chi connectivity index (χ0) is 13.5. The SMILES string of the molecule is CN(c1cc(Cl)ccc1[N+](=O)[O-])S(=O)(=O)C1CC1. The summed E-state index contributed by atoms with van der Waals surface area (Å²) in [6.07, 6.45) is 1.20. The minimum Gasteiger partial charge on any atom is -0.266 e. The lowest BCUT2D eigenvalue weighted by Gasteiger charge is -2.19. The molecule has 0 N–H and O–H groups in total. The van der Waals surface area contributed by atoms with Crippen LogP contribution in [0, 0.1) is 10.1 Å². The van der Waals surface area contributed by atoms with Gasteiger partial charge in [-0.1, -0.05) is 11.6 Å². The van der Waals surface area contributed by atoms with Gasteiger partial charge in [0, 0.05) is 18.1 Å². The third-order valence-electron chi connectivity index (χ3n) is 2.80. The molecule has 0 bridgehead atoms. The number of anilines is 1. The fourth-order valence-corrected chi connectivity index (χ4v) is 3.40. The maximum atomic E-state index is 12.0. The van der Waals surface area contributed by atoms with Crippen molar-refractivity contribution in [2.24, 2.45) is 0 Å². The molecule has 6 nitrogen and oxygen atoms in total. The zero-order valence-corrected chi connectivity index (χ0v) is 11.1. The van der Waals surface area contributed by atoms with Gasteiger partial charge in [-0.25, -0.2) is 8.42 Å². The summed E-state index contributed by atoms with van der Waals surface area (Å²) in [6.45, 7) is 0. The quantitative estimate of drug-likeness (QED) is 0.629. The molecule has 0 spiro atoms. The number of sulfonamides is 1. The number of hydrogen-bond donors (Lipinski definition) is 0. The number of benzene rings is 1. The predicted octanol–water partition coefficient (Wildman–Crippen LogP) is 2.18. The highest BCUT2D eigenvalue weighted by atomic mass is 35.5. The Morgan fingerprint density at radius 2 is 2.06 bits per heavy atom. The molecule has 0 heterocycles.